The van der Waals surface area contributed by atoms with Crippen LogP contribution in [-0.2, 0) is 26.8 Å². The maximum atomic E-state index is 14.1. The van der Waals surface area contributed by atoms with Crippen LogP contribution in [0.15, 0.2) is 103 Å². The Kier molecular flexibility index (Phi) is 6.99. The molecule has 1 aliphatic rings. The third kappa shape index (κ3) is 5.78. The van der Waals surface area contributed by atoms with Crippen molar-refractivity contribution in [2.45, 2.75) is 13.2 Å². The molecule has 0 unspecified atom stereocenters. The molecule has 0 amide bonds. The number of pyridine rings is 1. The first-order valence-electron chi connectivity index (χ1n) is 12.2. The Labute approximate surface area is 224 Å². The summed E-state index contributed by atoms with van der Waals surface area (Å²) in [6.07, 6.45) is 0. The maximum absolute atomic E-state index is 14.1. The topological polar surface area (TPSA) is 76.1 Å². The predicted octanol–water partition coefficient (Wildman–Crippen LogP) is 7.69. The largest absolute Gasteiger partial charge is 0.530 e. The van der Waals surface area contributed by atoms with E-state index in [-0.39, 0.29) is 25.8 Å². The third-order valence-corrected chi connectivity index (χ3v) is 7.37. The summed E-state index contributed by atoms with van der Waals surface area (Å²) >= 11 is 0. The number of rotatable bonds is 9. The molecular weight excluding hydrogens is 520 g/mol. The second kappa shape index (κ2) is 10.9. The Morgan fingerprint density at radius 1 is 0.769 bits per heavy atom. The lowest BCUT2D eigenvalue weighted by Gasteiger charge is -2.20. The third-order valence-electron chi connectivity index (χ3n) is 6.06. The highest BCUT2D eigenvalue weighted by Crippen LogP contribution is 2.53. The van der Waals surface area contributed by atoms with E-state index in [2.05, 4.69) is 4.98 Å². The summed E-state index contributed by atoms with van der Waals surface area (Å²) in [5.74, 6) is 0.784. The summed E-state index contributed by atoms with van der Waals surface area (Å²) in [6.45, 7) is 0.0650. The van der Waals surface area contributed by atoms with Crippen LogP contribution >= 0.6 is 7.82 Å². The Bertz CT molecular complexity index is 1620. The standard InChI is InChI=1S/C30H23FNO6P/c31-24-13-7-12-23(14-24)26-16-28(25-15-29-30(35-20-34-29)17-27(25)32-26)38-39(33,36-18-21-8-3-1-4-9-21)37-19-22-10-5-2-6-11-22/h1-17H,18-20H2. The van der Waals surface area contributed by atoms with E-state index in [0.29, 0.717) is 33.7 Å². The van der Waals surface area contributed by atoms with E-state index in [0.717, 1.165) is 11.1 Å². The summed E-state index contributed by atoms with van der Waals surface area (Å²) in [4.78, 5) is 4.69. The average molecular weight is 543 g/mol. The molecule has 1 aromatic heterocycles. The van der Waals surface area contributed by atoms with Gasteiger partial charge < -0.3 is 14.0 Å². The van der Waals surface area contributed by atoms with Crippen molar-refractivity contribution in [3.05, 3.63) is 120 Å². The van der Waals surface area contributed by atoms with Crippen LogP contribution in [0.5, 0.6) is 17.2 Å². The van der Waals surface area contributed by atoms with E-state index in [9.17, 15) is 8.96 Å². The zero-order valence-electron chi connectivity index (χ0n) is 20.7. The van der Waals surface area contributed by atoms with Crippen molar-refractivity contribution >= 4 is 18.7 Å². The summed E-state index contributed by atoms with van der Waals surface area (Å²) < 4.78 is 57.0. The van der Waals surface area contributed by atoms with Crippen LogP contribution in [0.1, 0.15) is 11.1 Å². The molecular formula is C30H23FNO6P. The normalized spacial score (nSPS) is 12.5. The fourth-order valence-electron chi connectivity index (χ4n) is 4.12. The van der Waals surface area contributed by atoms with Crippen molar-refractivity contribution in [2.24, 2.45) is 0 Å². The molecule has 0 spiro atoms. The second-order valence-electron chi connectivity index (χ2n) is 8.80. The van der Waals surface area contributed by atoms with Crippen LogP contribution in [0, 0.1) is 5.82 Å². The maximum Gasteiger partial charge on any atom is 0.530 e. The minimum atomic E-state index is -4.19. The van der Waals surface area contributed by atoms with E-state index in [1.165, 1.54) is 12.1 Å². The number of hydrogen-bond donors (Lipinski definition) is 0. The minimum absolute atomic E-state index is 0.000966. The number of phosphoric acid groups is 1. The van der Waals surface area contributed by atoms with Gasteiger partial charge in [-0.15, -0.1) is 0 Å². The van der Waals surface area contributed by atoms with Crippen molar-refractivity contribution in [3.8, 4) is 28.5 Å². The van der Waals surface area contributed by atoms with Gasteiger partial charge in [-0.1, -0.05) is 72.8 Å². The number of aromatic nitrogens is 1. The van der Waals surface area contributed by atoms with Crippen molar-refractivity contribution < 1.29 is 32.0 Å². The van der Waals surface area contributed by atoms with E-state index < -0.39 is 13.6 Å². The first kappa shape index (κ1) is 25.1. The quantitative estimate of drug-likeness (QED) is 0.176. The molecule has 196 valence electrons. The molecule has 2 heterocycles. The smallest absolute Gasteiger partial charge is 0.454 e. The van der Waals surface area contributed by atoms with Gasteiger partial charge in [-0.2, -0.15) is 0 Å². The first-order chi connectivity index (χ1) is 19.0. The van der Waals surface area contributed by atoms with Gasteiger partial charge in [0.1, 0.15) is 11.6 Å². The fourth-order valence-corrected chi connectivity index (χ4v) is 5.31. The molecule has 0 fully saturated rings. The average Bonchev–Trinajstić information content (AvgIpc) is 3.43. The Morgan fingerprint density at radius 3 is 2.05 bits per heavy atom. The number of fused-ring (bicyclic) bond motifs is 2. The van der Waals surface area contributed by atoms with Crippen LogP contribution < -0.4 is 14.0 Å². The van der Waals surface area contributed by atoms with E-state index >= 15 is 0 Å². The lowest BCUT2D eigenvalue weighted by atomic mass is 10.1. The zero-order chi connectivity index (χ0) is 26.7. The van der Waals surface area contributed by atoms with Crippen LogP contribution in [0.2, 0.25) is 0 Å². The van der Waals surface area contributed by atoms with Gasteiger partial charge in [-0.3, -0.25) is 9.05 Å². The highest BCUT2D eigenvalue weighted by atomic mass is 31.2. The number of ether oxygens (including phenoxy) is 2. The van der Waals surface area contributed by atoms with Crippen molar-refractivity contribution in [1.82, 2.24) is 4.98 Å². The molecule has 4 aromatic carbocycles. The molecule has 0 saturated carbocycles. The molecule has 0 atom stereocenters. The van der Waals surface area contributed by atoms with Crippen molar-refractivity contribution in [1.29, 1.82) is 0 Å². The molecule has 0 N–H and O–H groups in total. The molecule has 0 radical (unpaired) electrons. The van der Waals surface area contributed by atoms with Gasteiger partial charge in [-0.05, 0) is 29.3 Å². The molecule has 5 aromatic rings. The summed E-state index contributed by atoms with van der Waals surface area (Å²) in [6, 6.07) is 29.6. The monoisotopic (exact) mass is 543 g/mol. The molecule has 6 rings (SSSR count). The SMILES string of the molecule is O=P(OCc1ccccc1)(OCc1ccccc1)Oc1cc(-c2cccc(F)c2)nc2cc3c(cc12)OCO3. The zero-order valence-corrected chi connectivity index (χ0v) is 21.6. The van der Waals surface area contributed by atoms with Crippen molar-refractivity contribution in [2.75, 3.05) is 6.79 Å². The van der Waals surface area contributed by atoms with Crippen LogP contribution in [0.3, 0.4) is 0 Å². The van der Waals surface area contributed by atoms with E-state index in [4.69, 9.17) is 23.0 Å². The van der Waals surface area contributed by atoms with Crippen LogP contribution in [0.25, 0.3) is 22.2 Å². The molecule has 0 saturated heterocycles. The molecule has 39 heavy (non-hydrogen) atoms. The lowest BCUT2D eigenvalue weighted by Crippen LogP contribution is -2.04. The fraction of sp³-hybridized carbons (Fsp3) is 0.100. The summed E-state index contributed by atoms with van der Waals surface area (Å²) in [5.41, 5.74) is 3.01. The molecule has 0 aliphatic carbocycles. The first-order valence-corrected chi connectivity index (χ1v) is 13.7. The highest BCUT2D eigenvalue weighted by molar-refractivity contribution is 7.48. The molecule has 0 bridgehead atoms. The predicted molar refractivity (Wildman–Crippen MR) is 144 cm³/mol. The van der Waals surface area contributed by atoms with Gasteiger partial charge in [0.25, 0.3) is 0 Å². The number of benzene rings is 4. The Hall–Kier alpha value is -4.23. The number of hydrogen-bond acceptors (Lipinski definition) is 7. The van der Waals surface area contributed by atoms with Gasteiger partial charge in [0.15, 0.2) is 11.5 Å². The molecule has 9 heteroatoms. The lowest BCUT2D eigenvalue weighted by molar-refractivity contribution is 0.143. The number of halogens is 1. The van der Waals surface area contributed by atoms with Gasteiger partial charge >= 0.3 is 7.82 Å². The van der Waals surface area contributed by atoms with Gasteiger partial charge in [0.2, 0.25) is 6.79 Å². The van der Waals surface area contributed by atoms with Gasteiger partial charge in [-0.25, -0.2) is 13.9 Å². The van der Waals surface area contributed by atoms with Crippen LogP contribution in [-0.4, -0.2) is 11.8 Å². The number of phosphoric ester groups is 1. The van der Waals surface area contributed by atoms with Gasteiger partial charge in [0, 0.05) is 23.1 Å². The van der Waals surface area contributed by atoms with E-state index in [1.807, 2.05) is 60.7 Å². The Balaban J connectivity index is 1.41. The second-order valence-corrected chi connectivity index (χ2v) is 10.4. The highest BCUT2D eigenvalue weighted by Gasteiger charge is 2.31. The summed E-state index contributed by atoms with van der Waals surface area (Å²) in [7, 11) is -4.19. The molecule has 1 aliphatic heterocycles. The Morgan fingerprint density at radius 2 is 1.41 bits per heavy atom. The molecule has 7 nitrogen and oxygen atoms in total. The van der Waals surface area contributed by atoms with Crippen molar-refractivity contribution in [3.63, 3.8) is 0 Å². The minimum Gasteiger partial charge on any atom is -0.454 e. The van der Waals surface area contributed by atoms with E-state index in [1.54, 1.807) is 30.3 Å². The van der Waals surface area contributed by atoms with Gasteiger partial charge in [0.05, 0.1) is 24.4 Å². The number of nitrogens with zero attached hydrogens (tertiary/aromatic N) is 1. The van der Waals surface area contributed by atoms with Crippen LogP contribution in [0.4, 0.5) is 4.39 Å². The summed E-state index contributed by atoms with van der Waals surface area (Å²) in [5, 5.41) is 0.506.